The van der Waals surface area contributed by atoms with Gasteiger partial charge in [-0.15, -0.1) is 0 Å². The number of nitrogens with one attached hydrogen (secondary N) is 3. The van der Waals surface area contributed by atoms with E-state index >= 15 is 0 Å². The summed E-state index contributed by atoms with van der Waals surface area (Å²) in [6.45, 7) is -2.61. The van der Waals surface area contributed by atoms with E-state index < -0.39 is 49.4 Å². The van der Waals surface area contributed by atoms with Crippen molar-refractivity contribution >= 4 is 50.5 Å². The number of nitrogens with zero attached hydrogens (tertiary/aromatic N) is 3. The van der Waals surface area contributed by atoms with Crippen LogP contribution in [0.3, 0.4) is 0 Å². The molecule has 57 heavy (non-hydrogen) atoms. The van der Waals surface area contributed by atoms with Crippen molar-refractivity contribution in [2.75, 3.05) is 84.6 Å². The van der Waals surface area contributed by atoms with Crippen LogP contribution in [0.5, 0.6) is 11.5 Å². The minimum absolute atomic E-state index is 0.0327. The number of amides is 2. The van der Waals surface area contributed by atoms with Gasteiger partial charge < -0.3 is 40.1 Å². The second-order valence-electron chi connectivity index (χ2n) is 14.5. The highest BCUT2D eigenvalue weighted by molar-refractivity contribution is 9.09. The Balaban J connectivity index is 0.000000147. The van der Waals surface area contributed by atoms with E-state index in [1.54, 1.807) is 4.90 Å². The van der Waals surface area contributed by atoms with Crippen LogP contribution < -0.4 is 35.2 Å². The third-order valence-electron chi connectivity index (χ3n) is 11.0. The number of alkyl halides is 1. The fourth-order valence-corrected chi connectivity index (χ4v) is 8.80. The number of fused-ring (bicyclic) bond motifs is 6. The molecule has 0 spiro atoms. The van der Waals surface area contributed by atoms with Crippen molar-refractivity contribution < 1.29 is 38.8 Å². The van der Waals surface area contributed by atoms with E-state index in [0.717, 1.165) is 54.3 Å². The molecule has 300 valence electrons. The lowest BCUT2D eigenvalue weighted by Gasteiger charge is -2.39. The van der Waals surface area contributed by atoms with E-state index in [2.05, 4.69) is 53.8 Å². The van der Waals surface area contributed by atoms with Gasteiger partial charge in [0.2, 0.25) is 11.8 Å². The summed E-state index contributed by atoms with van der Waals surface area (Å²) in [6.07, 6.45) is 0.836. The van der Waals surface area contributed by atoms with Crippen LogP contribution in [0.4, 0.5) is 31.5 Å². The monoisotopic (exact) mass is 850 g/mol. The van der Waals surface area contributed by atoms with Gasteiger partial charge in [0.1, 0.15) is 23.1 Å². The largest absolute Gasteiger partial charge is 0.494 e. The zero-order valence-corrected chi connectivity index (χ0v) is 32.7. The van der Waals surface area contributed by atoms with E-state index in [-0.39, 0.29) is 35.3 Å². The quantitative estimate of drug-likeness (QED) is 0.153. The first-order chi connectivity index (χ1) is 30.7. The second-order valence-corrected chi connectivity index (χ2v) is 15.0. The molecular formula is C44H49BrF2N6O4. The normalized spacial score (nSPS) is 25.4. The summed E-state index contributed by atoms with van der Waals surface area (Å²) in [5, 5.41) is 7.51. The number of hydrogen-bond donors (Lipinski definition) is 3. The molecule has 0 aromatic heterocycles. The van der Waals surface area contributed by atoms with Gasteiger partial charge in [-0.1, -0.05) is 40.2 Å². The highest BCUT2D eigenvalue weighted by atomic mass is 79.9. The van der Waals surface area contributed by atoms with Gasteiger partial charge in [-0.25, -0.2) is 8.78 Å². The summed E-state index contributed by atoms with van der Waals surface area (Å²) in [5.74, 6) is 0.0667. The van der Waals surface area contributed by atoms with Crippen LogP contribution in [0, 0.1) is 11.6 Å². The molecule has 2 fully saturated rings. The molecule has 2 amide bonds. The number of rotatable bonds is 9. The maximum Gasteiger partial charge on any atom is 0.243 e. The molecule has 0 unspecified atom stereocenters. The molecule has 10 nitrogen and oxygen atoms in total. The molecule has 6 aliphatic heterocycles. The lowest BCUT2D eigenvalue weighted by atomic mass is 9.89. The van der Waals surface area contributed by atoms with Crippen molar-refractivity contribution in [1.29, 1.82) is 0 Å². The minimum atomic E-state index is -2.27. The first-order valence-corrected chi connectivity index (χ1v) is 19.9. The third-order valence-corrected chi connectivity index (χ3v) is 11.3. The lowest BCUT2D eigenvalue weighted by Crippen LogP contribution is -2.49. The first-order valence-electron chi connectivity index (χ1n) is 23.1. The Morgan fingerprint density at radius 2 is 1.26 bits per heavy atom. The maximum absolute atomic E-state index is 13.1. The molecule has 4 aromatic carbocycles. The zero-order chi connectivity index (χ0) is 46.5. The van der Waals surface area contributed by atoms with E-state index in [1.165, 1.54) is 47.6 Å². The number of halogens is 3. The van der Waals surface area contributed by atoms with Gasteiger partial charge in [0.15, 0.2) is 0 Å². The molecule has 10 rings (SSSR count). The Bertz CT molecular complexity index is 2400. The smallest absolute Gasteiger partial charge is 0.243 e. The zero-order valence-electron chi connectivity index (χ0n) is 39.1. The fraction of sp³-hybridized carbons (Fsp3) is 0.409. The Morgan fingerprint density at radius 1 is 0.719 bits per heavy atom. The number of piperidine rings is 2. The summed E-state index contributed by atoms with van der Waals surface area (Å²) < 4.78 is 98.9. The summed E-state index contributed by atoms with van der Waals surface area (Å²) in [6, 6.07) is 22.6. The number of carbonyl (C=O) groups is 2. The van der Waals surface area contributed by atoms with E-state index in [1.807, 2.05) is 24.3 Å². The number of carbonyl (C=O) groups excluding carboxylic acids is 2. The molecule has 13 heteroatoms. The maximum atomic E-state index is 13.1. The summed E-state index contributed by atoms with van der Waals surface area (Å²) in [7, 11) is 0. The number of benzene rings is 4. The average Bonchev–Trinajstić information content (AvgIpc) is 3.72. The molecule has 4 atom stereocenters. The van der Waals surface area contributed by atoms with Crippen LogP contribution in [-0.2, 0) is 9.59 Å². The molecule has 0 radical (unpaired) electrons. The molecule has 0 bridgehead atoms. The van der Waals surface area contributed by atoms with Crippen LogP contribution in [0.2, 0.25) is 0 Å². The highest BCUT2D eigenvalue weighted by Crippen LogP contribution is 2.50. The third kappa shape index (κ3) is 8.75. The minimum Gasteiger partial charge on any atom is -0.494 e. The predicted octanol–water partition coefficient (Wildman–Crippen LogP) is 7.12. The van der Waals surface area contributed by atoms with Crippen LogP contribution >= 0.6 is 15.9 Å². The molecule has 0 aliphatic carbocycles. The summed E-state index contributed by atoms with van der Waals surface area (Å²) in [5.41, 5.74) is 6.59. The molecule has 6 heterocycles. The summed E-state index contributed by atoms with van der Waals surface area (Å²) in [4.78, 5) is 30.0. The number of hydrogen-bond acceptors (Lipinski definition) is 8. The van der Waals surface area contributed by atoms with Crippen LogP contribution in [-0.4, -0.2) is 93.0 Å². The number of para-hydroxylation sites is 2. The molecular weight excluding hydrogens is 794 g/mol. The Labute approximate surface area is 352 Å². The van der Waals surface area contributed by atoms with Crippen LogP contribution in [0.25, 0.3) is 0 Å². The van der Waals surface area contributed by atoms with Gasteiger partial charge >= 0.3 is 0 Å². The van der Waals surface area contributed by atoms with E-state index in [0.29, 0.717) is 44.6 Å². The van der Waals surface area contributed by atoms with Crippen molar-refractivity contribution in [1.82, 2.24) is 10.2 Å². The van der Waals surface area contributed by atoms with Crippen molar-refractivity contribution in [2.45, 2.75) is 49.6 Å². The van der Waals surface area contributed by atoms with Crippen LogP contribution in [0.1, 0.15) is 59.6 Å². The highest BCUT2D eigenvalue weighted by Gasteiger charge is 2.45. The van der Waals surface area contributed by atoms with Gasteiger partial charge in [0.05, 0.1) is 54.4 Å². The SMILES string of the molecule is O=C1CN2c3c(cccc3[C@@H]3CNCC[C@@H]32)N1.[2H]C([2H])(Br)CC([2H])([2H])Oc1ccc(F)cc1.[2H]C([2H])(CC([2H])([2H])N1CC[C@H]2[C@@H](C1)c1cccc3c1N2CC(=O)N3)Oc1ccc(F)cc1. The average molecular weight is 852 g/mol. The first kappa shape index (κ1) is 30.4. The predicted molar refractivity (Wildman–Crippen MR) is 223 cm³/mol. The molecule has 4 aromatic rings. The molecule has 3 N–H and O–H groups in total. The second kappa shape index (κ2) is 17.8. The molecule has 2 saturated heterocycles. The fourth-order valence-electron chi connectivity index (χ4n) is 8.69. The van der Waals surface area contributed by atoms with Gasteiger partial charge in [0.25, 0.3) is 0 Å². The standard InChI is InChI=1S/C22H24FN3O2.C13H15N3O.C9H10BrFO/c23-15-5-7-16(8-6-15)28-12-2-10-25-11-9-20-18(13-25)17-3-1-4-19-22(17)26(20)14-21(27)24-19;17-12-7-16-11-4-5-14-6-9(11)8-2-1-3-10(15-12)13(8)16;10-6-1-7-12-9-4-2-8(11)3-5-9/h1,3-8,18,20H,2,9-14H2,(H,24,27);1-3,9,11,14H,4-7H2,(H,15,17);2-5H,1,6-7H2/t18-,20-;9-,11-;/m00./s1/i10D2,12D2;;6D2,7D2. The molecule has 6 aliphatic rings. The van der Waals surface area contributed by atoms with Gasteiger partial charge in [-0.05, 0) is 104 Å². The summed E-state index contributed by atoms with van der Waals surface area (Å²) >= 11 is 2.69. The van der Waals surface area contributed by atoms with Crippen molar-refractivity contribution in [3.05, 3.63) is 108 Å². The van der Waals surface area contributed by atoms with Crippen molar-refractivity contribution in [3.63, 3.8) is 0 Å². The topological polar surface area (TPSA) is 98.4 Å². The number of anilines is 4. The Kier molecular flexibility index (Phi) is 9.50. The van der Waals surface area contributed by atoms with Gasteiger partial charge in [-0.2, -0.15) is 0 Å². The molecule has 0 saturated carbocycles. The Hall–Kier alpha value is -4.72. The van der Waals surface area contributed by atoms with E-state index in [9.17, 15) is 18.4 Å². The Morgan fingerprint density at radius 3 is 1.84 bits per heavy atom. The van der Waals surface area contributed by atoms with Crippen LogP contribution in [0.15, 0.2) is 84.9 Å². The van der Waals surface area contributed by atoms with Gasteiger partial charge in [0, 0.05) is 60.8 Å². The lowest BCUT2D eigenvalue weighted by molar-refractivity contribution is -0.116. The van der Waals surface area contributed by atoms with Gasteiger partial charge in [-0.3, -0.25) is 9.59 Å². The number of ether oxygens (including phenoxy) is 2. The van der Waals surface area contributed by atoms with E-state index in [4.69, 9.17) is 20.4 Å². The van der Waals surface area contributed by atoms with Crippen molar-refractivity contribution in [3.8, 4) is 11.5 Å². The van der Waals surface area contributed by atoms with Crippen molar-refractivity contribution in [2.24, 2.45) is 0 Å². The number of likely N-dealkylation sites (tertiary alicyclic amines) is 1.